The molecule has 3 rings (SSSR count). The van der Waals surface area contributed by atoms with E-state index in [4.69, 9.17) is 0 Å². The smallest absolute Gasteiger partial charge is 0.374 e. The second-order valence-electron chi connectivity index (χ2n) is 6.15. The lowest BCUT2D eigenvalue weighted by Gasteiger charge is -2.44. The van der Waals surface area contributed by atoms with Crippen LogP contribution in [0.4, 0.5) is 0 Å². The molecule has 0 amide bonds. The number of carbonyl (C=O) groups is 2. The number of esters is 1. The summed E-state index contributed by atoms with van der Waals surface area (Å²) < 4.78 is 4.67. The van der Waals surface area contributed by atoms with Gasteiger partial charge in [-0.2, -0.15) is 0 Å². The zero-order valence-corrected chi connectivity index (χ0v) is 13.4. The van der Waals surface area contributed by atoms with Crippen molar-refractivity contribution < 1.29 is 14.3 Å². The third-order valence-corrected chi connectivity index (χ3v) is 4.80. The van der Waals surface area contributed by atoms with Gasteiger partial charge >= 0.3 is 5.97 Å². The van der Waals surface area contributed by atoms with Crippen LogP contribution >= 0.6 is 0 Å². The number of hydrogen-bond donors (Lipinski definition) is 0. The maximum absolute atomic E-state index is 12.5. The zero-order chi connectivity index (χ0) is 16.4. The molecule has 1 aliphatic carbocycles. The molecule has 0 heterocycles. The normalized spacial score (nSPS) is 23.0. The van der Waals surface area contributed by atoms with Crippen LogP contribution in [0.3, 0.4) is 0 Å². The van der Waals surface area contributed by atoms with Gasteiger partial charge in [0.25, 0.3) is 0 Å². The van der Waals surface area contributed by atoms with Gasteiger partial charge in [0, 0.05) is 5.92 Å². The second kappa shape index (κ2) is 6.37. The molecule has 1 saturated carbocycles. The predicted molar refractivity (Wildman–Crippen MR) is 88.2 cm³/mol. The zero-order valence-electron chi connectivity index (χ0n) is 13.4. The lowest BCUT2D eigenvalue weighted by atomic mass is 9.58. The van der Waals surface area contributed by atoms with Crippen molar-refractivity contribution >= 4 is 11.8 Å². The highest BCUT2D eigenvalue weighted by Crippen LogP contribution is 2.53. The number of hydrogen-bond acceptors (Lipinski definition) is 3. The Labute approximate surface area is 136 Å². The monoisotopic (exact) mass is 308 g/mol. The molecule has 2 aromatic rings. The van der Waals surface area contributed by atoms with Crippen molar-refractivity contribution in [2.75, 3.05) is 7.11 Å². The maximum Gasteiger partial charge on any atom is 0.374 e. The summed E-state index contributed by atoms with van der Waals surface area (Å²) in [5, 5.41) is 0. The summed E-state index contributed by atoms with van der Waals surface area (Å²) in [6, 6.07) is 18.1. The van der Waals surface area contributed by atoms with Gasteiger partial charge in [0.1, 0.15) is 0 Å². The van der Waals surface area contributed by atoms with Gasteiger partial charge in [-0.25, -0.2) is 4.79 Å². The molecule has 3 atom stereocenters. The number of rotatable bonds is 4. The fourth-order valence-corrected chi connectivity index (χ4v) is 3.45. The minimum atomic E-state index is -0.743. The topological polar surface area (TPSA) is 43.4 Å². The van der Waals surface area contributed by atoms with E-state index in [1.165, 1.54) is 12.7 Å². The Balaban J connectivity index is 1.91. The van der Waals surface area contributed by atoms with Gasteiger partial charge in [-0.05, 0) is 36.3 Å². The Hall–Kier alpha value is -2.42. The largest absolute Gasteiger partial charge is 0.463 e. The van der Waals surface area contributed by atoms with Crippen LogP contribution in [0.25, 0.3) is 0 Å². The first-order valence-electron chi connectivity index (χ1n) is 7.85. The molecule has 0 aromatic heterocycles. The molecule has 3 heteroatoms. The van der Waals surface area contributed by atoms with Crippen LogP contribution in [0.15, 0.2) is 54.6 Å². The number of ether oxygens (including phenoxy) is 1. The molecule has 23 heavy (non-hydrogen) atoms. The molecule has 2 aromatic carbocycles. The van der Waals surface area contributed by atoms with Gasteiger partial charge in [0.15, 0.2) is 0 Å². The minimum Gasteiger partial charge on any atom is -0.463 e. The van der Waals surface area contributed by atoms with E-state index in [-0.39, 0.29) is 17.8 Å². The standard InChI is InChI=1S/C20H20O3/c1-13-8-10-15(11-9-13)17-12-16(14-6-4-3-5-7-14)18(17)19(21)20(22)23-2/h3-11,16-18H,12H2,1-2H3/t16-,17+,18-/m1/s1. The van der Waals surface area contributed by atoms with E-state index in [0.717, 1.165) is 17.5 Å². The van der Waals surface area contributed by atoms with Crippen molar-refractivity contribution in [3.8, 4) is 0 Å². The van der Waals surface area contributed by atoms with Crippen LogP contribution in [-0.2, 0) is 14.3 Å². The Morgan fingerprint density at radius 2 is 1.48 bits per heavy atom. The molecule has 0 bridgehead atoms. The minimum absolute atomic E-state index is 0.0763. The van der Waals surface area contributed by atoms with Gasteiger partial charge in [-0.3, -0.25) is 4.79 Å². The van der Waals surface area contributed by atoms with Crippen LogP contribution in [0.1, 0.15) is 34.9 Å². The van der Waals surface area contributed by atoms with Crippen LogP contribution in [0, 0.1) is 12.8 Å². The van der Waals surface area contributed by atoms with Crippen LogP contribution < -0.4 is 0 Å². The summed E-state index contributed by atoms with van der Waals surface area (Å²) >= 11 is 0. The Morgan fingerprint density at radius 3 is 2.04 bits per heavy atom. The summed E-state index contributed by atoms with van der Waals surface area (Å²) in [4.78, 5) is 24.3. The van der Waals surface area contributed by atoms with E-state index in [0.29, 0.717) is 0 Å². The molecule has 1 aliphatic rings. The molecule has 0 aliphatic heterocycles. The fraction of sp³-hybridized carbons (Fsp3) is 0.300. The Bertz CT molecular complexity index is 703. The summed E-state index contributed by atoms with van der Waals surface area (Å²) in [5.74, 6) is -1.35. The second-order valence-corrected chi connectivity index (χ2v) is 6.15. The first kappa shape index (κ1) is 15.5. The van der Waals surface area contributed by atoms with Crippen LogP contribution in [0.2, 0.25) is 0 Å². The van der Waals surface area contributed by atoms with Gasteiger partial charge in [-0.1, -0.05) is 60.2 Å². The van der Waals surface area contributed by atoms with E-state index >= 15 is 0 Å². The molecule has 0 spiro atoms. The van der Waals surface area contributed by atoms with Crippen molar-refractivity contribution in [2.24, 2.45) is 5.92 Å². The predicted octanol–water partition coefficient (Wildman–Crippen LogP) is 3.62. The Morgan fingerprint density at radius 1 is 0.913 bits per heavy atom. The molecular formula is C20H20O3. The molecule has 3 nitrogen and oxygen atoms in total. The number of carbonyl (C=O) groups excluding carboxylic acids is 2. The van der Waals surface area contributed by atoms with E-state index in [1.54, 1.807) is 0 Å². The van der Waals surface area contributed by atoms with E-state index in [9.17, 15) is 9.59 Å². The highest BCUT2D eigenvalue weighted by Gasteiger charge is 2.49. The number of aryl methyl sites for hydroxylation is 1. The maximum atomic E-state index is 12.5. The van der Waals surface area contributed by atoms with Crippen molar-refractivity contribution in [3.05, 3.63) is 71.3 Å². The van der Waals surface area contributed by atoms with E-state index < -0.39 is 11.8 Å². The molecule has 0 unspecified atom stereocenters. The summed E-state index contributed by atoms with van der Waals surface area (Å²) in [6.07, 6.45) is 0.875. The van der Waals surface area contributed by atoms with Crippen LogP contribution in [-0.4, -0.2) is 18.9 Å². The van der Waals surface area contributed by atoms with Crippen LogP contribution in [0.5, 0.6) is 0 Å². The number of ketones is 1. The van der Waals surface area contributed by atoms with Crippen molar-refractivity contribution in [1.82, 2.24) is 0 Å². The molecule has 1 fully saturated rings. The summed E-state index contributed by atoms with van der Waals surface area (Å²) in [7, 11) is 1.26. The summed E-state index contributed by atoms with van der Waals surface area (Å²) in [6.45, 7) is 2.04. The number of methoxy groups -OCH3 is 1. The van der Waals surface area contributed by atoms with Crippen molar-refractivity contribution in [2.45, 2.75) is 25.2 Å². The molecule has 0 N–H and O–H groups in total. The number of Topliss-reactive ketones (excluding diaryl/α,β-unsaturated/α-hetero) is 1. The first-order valence-corrected chi connectivity index (χ1v) is 7.85. The fourth-order valence-electron chi connectivity index (χ4n) is 3.45. The quantitative estimate of drug-likeness (QED) is 0.640. The molecule has 0 saturated heterocycles. The van der Waals surface area contributed by atoms with E-state index in [1.807, 2.05) is 49.4 Å². The van der Waals surface area contributed by atoms with E-state index in [2.05, 4.69) is 16.9 Å². The third kappa shape index (κ3) is 2.91. The highest BCUT2D eigenvalue weighted by atomic mass is 16.5. The van der Waals surface area contributed by atoms with Crippen molar-refractivity contribution in [1.29, 1.82) is 0 Å². The number of benzene rings is 2. The van der Waals surface area contributed by atoms with Gasteiger partial charge in [-0.15, -0.1) is 0 Å². The Kier molecular flexibility index (Phi) is 4.28. The van der Waals surface area contributed by atoms with Crippen molar-refractivity contribution in [3.63, 3.8) is 0 Å². The summed E-state index contributed by atoms with van der Waals surface area (Å²) in [5.41, 5.74) is 3.41. The molecule has 0 radical (unpaired) electrons. The first-order chi connectivity index (χ1) is 11.1. The third-order valence-electron chi connectivity index (χ3n) is 4.80. The van der Waals surface area contributed by atoms with Gasteiger partial charge in [0.2, 0.25) is 5.78 Å². The molecule has 118 valence electrons. The van der Waals surface area contributed by atoms with Gasteiger partial charge < -0.3 is 4.74 Å². The average molecular weight is 308 g/mol. The lowest BCUT2D eigenvalue weighted by Crippen LogP contribution is -2.42. The SMILES string of the molecule is COC(=O)C(=O)[C@@H]1[C@@H](c2ccccc2)C[C@H]1c1ccc(C)cc1. The highest BCUT2D eigenvalue weighted by molar-refractivity contribution is 6.35. The van der Waals surface area contributed by atoms with Gasteiger partial charge in [0.05, 0.1) is 7.11 Å². The molecular weight excluding hydrogens is 288 g/mol. The lowest BCUT2D eigenvalue weighted by molar-refractivity contribution is -0.155. The average Bonchev–Trinajstić information content (AvgIpc) is 2.56.